The first-order chi connectivity index (χ1) is 11.9. The maximum Gasteiger partial charge on any atom is 0.290 e. The number of benzene rings is 1. The number of fused-ring (bicyclic) bond motifs is 1. The lowest BCUT2D eigenvalue weighted by molar-refractivity contribution is -0.122. The van der Waals surface area contributed by atoms with Crippen LogP contribution in [0.15, 0.2) is 34.7 Å². The van der Waals surface area contributed by atoms with E-state index >= 15 is 0 Å². The Morgan fingerprint density at radius 2 is 2.08 bits per heavy atom. The van der Waals surface area contributed by atoms with Crippen LogP contribution in [0, 0.1) is 0 Å². The van der Waals surface area contributed by atoms with Gasteiger partial charge in [0, 0.05) is 18.0 Å². The molecule has 2 amide bonds. The largest absolute Gasteiger partial charge is 0.451 e. The summed E-state index contributed by atoms with van der Waals surface area (Å²) in [7, 11) is -3.06. The van der Waals surface area contributed by atoms with Crippen molar-refractivity contribution in [3.05, 3.63) is 36.1 Å². The summed E-state index contributed by atoms with van der Waals surface area (Å²) in [6, 6.07) is 8.57. The first kappa shape index (κ1) is 17.5. The van der Waals surface area contributed by atoms with E-state index in [1.807, 2.05) is 18.2 Å². The first-order valence-corrected chi connectivity index (χ1v) is 9.98. The highest BCUT2D eigenvalue weighted by atomic mass is 32.2. The summed E-state index contributed by atoms with van der Waals surface area (Å²) in [5.74, 6) is -0.504. The molecule has 0 bridgehead atoms. The van der Waals surface area contributed by atoms with E-state index in [2.05, 4.69) is 5.32 Å². The lowest BCUT2D eigenvalue weighted by Gasteiger charge is -2.20. The highest BCUT2D eigenvalue weighted by molar-refractivity contribution is 7.91. The van der Waals surface area contributed by atoms with Crippen molar-refractivity contribution in [1.29, 1.82) is 0 Å². The van der Waals surface area contributed by atoms with Gasteiger partial charge in [0.25, 0.3) is 5.91 Å². The Bertz CT molecular complexity index is 870. The van der Waals surface area contributed by atoms with Gasteiger partial charge >= 0.3 is 0 Å². The van der Waals surface area contributed by atoms with Crippen molar-refractivity contribution in [1.82, 2.24) is 10.2 Å². The first-order valence-electron chi connectivity index (χ1n) is 8.15. The molecule has 1 saturated heterocycles. The number of carbonyl (C=O) groups is 2. The smallest absolute Gasteiger partial charge is 0.290 e. The Morgan fingerprint density at radius 1 is 1.32 bits per heavy atom. The van der Waals surface area contributed by atoms with Crippen LogP contribution in [0.3, 0.4) is 0 Å². The second-order valence-corrected chi connectivity index (χ2v) is 8.36. The number of para-hydroxylation sites is 1. The van der Waals surface area contributed by atoms with E-state index in [0.29, 0.717) is 18.5 Å². The molecule has 0 spiro atoms. The summed E-state index contributed by atoms with van der Waals surface area (Å²) in [6.07, 6.45) is 0.414. The minimum absolute atomic E-state index is 0.0393. The average Bonchev–Trinajstić information content (AvgIpc) is 3.14. The van der Waals surface area contributed by atoms with Gasteiger partial charge in [0.05, 0.1) is 18.1 Å². The number of hydrogen-bond acceptors (Lipinski definition) is 5. The van der Waals surface area contributed by atoms with Gasteiger partial charge in [-0.3, -0.25) is 9.59 Å². The van der Waals surface area contributed by atoms with Crippen molar-refractivity contribution in [3.63, 3.8) is 0 Å². The molecule has 1 aliphatic rings. The number of likely N-dealkylation sites (N-methyl/N-ethyl adjacent to an activating group) is 1. The number of amides is 2. The van der Waals surface area contributed by atoms with Crippen LogP contribution in [-0.2, 0) is 14.6 Å². The quantitative estimate of drug-likeness (QED) is 0.860. The van der Waals surface area contributed by atoms with Crippen LogP contribution < -0.4 is 5.32 Å². The van der Waals surface area contributed by atoms with Crippen LogP contribution >= 0.6 is 0 Å². The normalized spacial score (nSPS) is 19.0. The second kappa shape index (κ2) is 6.87. The van der Waals surface area contributed by atoms with E-state index in [1.54, 1.807) is 19.1 Å². The van der Waals surface area contributed by atoms with E-state index < -0.39 is 9.84 Å². The lowest BCUT2D eigenvalue weighted by Crippen LogP contribution is -2.44. The SMILES string of the molecule is CCN(CC(=O)NC1CCS(=O)(=O)C1)C(=O)c1cc2ccccc2o1. The van der Waals surface area contributed by atoms with E-state index in [-0.39, 0.29) is 41.7 Å². The minimum atomic E-state index is -3.06. The average molecular weight is 364 g/mol. The molecule has 25 heavy (non-hydrogen) atoms. The zero-order valence-corrected chi connectivity index (χ0v) is 14.7. The molecule has 2 heterocycles. The van der Waals surface area contributed by atoms with Crippen molar-refractivity contribution in [2.45, 2.75) is 19.4 Å². The van der Waals surface area contributed by atoms with Crippen molar-refractivity contribution >= 4 is 32.6 Å². The number of nitrogens with one attached hydrogen (secondary N) is 1. The summed E-state index contributed by atoms with van der Waals surface area (Å²) in [5.41, 5.74) is 0.613. The Kier molecular flexibility index (Phi) is 4.80. The molecular weight excluding hydrogens is 344 g/mol. The molecule has 8 heteroatoms. The summed E-state index contributed by atoms with van der Waals surface area (Å²) in [4.78, 5) is 26.1. The van der Waals surface area contributed by atoms with Gasteiger partial charge in [0.15, 0.2) is 15.6 Å². The van der Waals surface area contributed by atoms with Crippen molar-refractivity contribution in [3.8, 4) is 0 Å². The predicted molar refractivity (Wildman–Crippen MR) is 93.0 cm³/mol. The van der Waals surface area contributed by atoms with Gasteiger partial charge in [0.1, 0.15) is 5.58 Å². The number of hydrogen-bond donors (Lipinski definition) is 1. The topological polar surface area (TPSA) is 96.7 Å². The number of carbonyl (C=O) groups excluding carboxylic acids is 2. The molecule has 1 N–H and O–H groups in total. The Labute approximate surface area is 145 Å². The Balaban J connectivity index is 1.65. The number of furan rings is 1. The number of sulfone groups is 1. The van der Waals surface area contributed by atoms with Gasteiger partial charge in [-0.15, -0.1) is 0 Å². The van der Waals surface area contributed by atoms with Crippen LogP contribution in [0.4, 0.5) is 0 Å². The molecule has 1 atom stereocenters. The monoisotopic (exact) mass is 364 g/mol. The third kappa shape index (κ3) is 4.01. The standard InChI is InChI=1S/C17H20N2O5S/c1-2-19(10-16(20)18-13-7-8-25(22,23)11-13)17(21)15-9-12-5-3-4-6-14(12)24-15/h3-6,9,13H,2,7-8,10-11H2,1H3,(H,18,20). The van der Waals surface area contributed by atoms with E-state index in [9.17, 15) is 18.0 Å². The molecule has 1 fully saturated rings. The molecule has 0 aliphatic carbocycles. The summed E-state index contributed by atoms with van der Waals surface area (Å²) >= 11 is 0. The highest BCUT2D eigenvalue weighted by Gasteiger charge is 2.29. The van der Waals surface area contributed by atoms with Crippen molar-refractivity contribution in [2.24, 2.45) is 0 Å². The van der Waals surface area contributed by atoms with Gasteiger partial charge < -0.3 is 14.6 Å². The molecule has 1 aromatic carbocycles. The molecule has 1 unspecified atom stereocenters. The Morgan fingerprint density at radius 3 is 2.72 bits per heavy atom. The molecule has 1 aromatic heterocycles. The number of nitrogens with zero attached hydrogens (tertiary/aromatic N) is 1. The van der Waals surface area contributed by atoms with Crippen molar-refractivity contribution in [2.75, 3.05) is 24.6 Å². The van der Waals surface area contributed by atoms with Crippen LogP contribution in [-0.4, -0.2) is 55.8 Å². The molecule has 0 saturated carbocycles. The molecule has 1 aliphatic heterocycles. The summed E-state index contributed by atoms with van der Waals surface area (Å²) in [5, 5.41) is 3.51. The summed E-state index contributed by atoms with van der Waals surface area (Å²) in [6.45, 7) is 1.98. The second-order valence-electron chi connectivity index (χ2n) is 6.14. The highest BCUT2D eigenvalue weighted by Crippen LogP contribution is 2.20. The fourth-order valence-corrected chi connectivity index (χ4v) is 4.60. The fourth-order valence-electron chi connectivity index (χ4n) is 2.93. The van der Waals surface area contributed by atoms with Gasteiger partial charge in [-0.05, 0) is 25.5 Å². The third-order valence-corrected chi connectivity index (χ3v) is 6.01. The lowest BCUT2D eigenvalue weighted by atomic mass is 10.2. The molecule has 2 aromatic rings. The van der Waals surface area contributed by atoms with Gasteiger partial charge in [0.2, 0.25) is 5.91 Å². The zero-order valence-electron chi connectivity index (χ0n) is 13.9. The van der Waals surface area contributed by atoms with Gasteiger partial charge in [-0.2, -0.15) is 0 Å². The molecule has 134 valence electrons. The number of rotatable bonds is 5. The van der Waals surface area contributed by atoms with E-state index in [4.69, 9.17) is 4.42 Å². The molecule has 7 nitrogen and oxygen atoms in total. The molecule has 3 rings (SSSR count). The summed E-state index contributed by atoms with van der Waals surface area (Å²) < 4.78 is 28.5. The third-order valence-electron chi connectivity index (χ3n) is 4.24. The maximum absolute atomic E-state index is 12.6. The fraction of sp³-hybridized carbons (Fsp3) is 0.412. The van der Waals surface area contributed by atoms with Crippen LogP contribution in [0.1, 0.15) is 23.9 Å². The zero-order chi connectivity index (χ0) is 18.0. The van der Waals surface area contributed by atoms with Crippen LogP contribution in [0.5, 0.6) is 0 Å². The van der Waals surface area contributed by atoms with Gasteiger partial charge in [-0.25, -0.2) is 8.42 Å². The van der Waals surface area contributed by atoms with E-state index in [1.165, 1.54) is 4.90 Å². The minimum Gasteiger partial charge on any atom is -0.451 e. The van der Waals surface area contributed by atoms with Gasteiger partial charge in [-0.1, -0.05) is 18.2 Å². The Hall–Kier alpha value is -2.35. The predicted octanol–water partition coefficient (Wildman–Crippen LogP) is 1.20. The van der Waals surface area contributed by atoms with Crippen LogP contribution in [0.2, 0.25) is 0 Å². The van der Waals surface area contributed by atoms with Crippen LogP contribution in [0.25, 0.3) is 11.0 Å². The molecule has 0 radical (unpaired) electrons. The molecular formula is C17H20N2O5S. The maximum atomic E-state index is 12.6. The van der Waals surface area contributed by atoms with E-state index in [0.717, 1.165) is 5.39 Å². The van der Waals surface area contributed by atoms with Crippen molar-refractivity contribution < 1.29 is 22.4 Å².